The van der Waals surface area contributed by atoms with Gasteiger partial charge in [0.25, 0.3) is 0 Å². The Morgan fingerprint density at radius 1 is 1.09 bits per heavy atom. The van der Waals surface area contributed by atoms with Crippen LogP contribution in [-0.4, -0.2) is 21.2 Å². The van der Waals surface area contributed by atoms with Gasteiger partial charge in [0.2, 0.25) is 0 Å². The molecule has 4 heteroatoms. The van der Waals surface area contributed by atoms with Crippen LogP contribution in [0.4, 0.5) is 0 Å². The number of benzene rings is 2. The molecule has 0 amide bonds. The highest BCUT2D eigenvalue weighted by Crippen LogP contribution is 2.31. The van der Waals surface area contributed by atoms with E-state index in [2.05, 4.69) is 37.4 Å². The van der Waals surface area contributed by atoms with Crippen LogP contribution in [0.15, 0.2) is 54.6 Å². The molecule has 0 N–H and O–H groups in total. The van der Waals surface area contributed by atoms with Gasteiger partial charge in [-0.05, 0) is 23.2 Å². The van der Waals surface area contributed by atoms with Gasteiger partial charge < -0.3 is 4.74 Å². The highest BCUT2D eigenvalue weighted by Gasteiger charge is 2.36. The Bertz CT molecular complexity index is 623. The Balaban J connectivity index is 2.43. The second-order valence-corrected chi connectivity index (χ2v) is 11.1. The third-order valence-corrected chi connectivity index (χ3v) is 8.61. The summed E-state index contributed by atoms with van der Waals surface area (Å²) in [4.78, 5) is 11.9. The zero-order valence-electron chi connectivity index (χ0n) is 13.2. The number of carbonyl (C=O) groups excluding carboxylic acids is 1. The van der Waals surface area contributed by atoms with Gasteiger partial charge in [0.15, 0.2) is 0 Å². The molecule has 0 unspecified atom stereocenters. The van der Waals surface area contributed by atoms with Gasteiger partial charge in [0.05, 0.1) is 21.6 Å². The van der Waals surface area contributed by atoms with Gasteiger partial charge in [-0.15, -0.1) is 0 Å². The van der Waals surface area contributed by atoms with Gasteiger partial charge in [0, 0.05) is 5.02 Å². The second-order valence-electron chi connectivity index (χ2n) is 5.97. The molecule has 2 nitrogen and oxygen atoms in total. The minimum atomic E-state index is -1.89. The molecule has 0 aliphatic heterocycles. The molecule has 0 saturated heterocycles. The topological polar surface area (TPSA) is 26.3 Å². The minimum Gasteiger partial charge on any atom is -0.469 e. The first-order valence-corrected chi connectivity index (χ1v) is 10.8. The van der Waals surface area contributed by atoms with Gasteiger partial charge >= 0.3 is 5.97 Å². The van der Waals surface area contributed by atoms with Gasteiger partial charge in [0.1, 0.15) is 0 Å². The van der Waals surface area contributed by atoms with Crippen LogP contribution in [-0.2, 0) is 9.53 Å². The maximum Gasteiger partial charge on any atom is 0.305 e. The SMILES string of the molecule is COC(=O)C[C@@H](c1ccc(Cl)cc1)[Si](C)(C)c1ccccc1. The Morgan fingerprint density at radius 3 is 2.23 bits per heavy atom. The van der Waals surface area contributed by atoms with Crippen LogP contribution >= 0.6 is 11.6 Å². The van der Waals surface area contributed by atoms with Crippen molar-refractivity contribution in [2.45, 2.75) is 25.1 Å². The normalized spacial score (nSPS) is 12.7. The summed E-state index contributed by atoms with van der Waals surface area (Å²) in [6, 6.07) is 18.3. The highest BCUT2D eigenvalue weighted by molar-refractivity contribution is 6.91. The monoisotopic (exact) mass is 332 g/mol. The number of esters is 1. The summed E-state index contributed by atoms with van der Waals surface area (Å²) in [5.74, 6) is -0.170. The molecule has 0 aliphatic carbocycles. The molecule has 0 heterocycles. The maximum absolute atomic E-state index is 11.9. The molecule has 0 aromatic heterocycles. The standard InChI is InChI=1S/C18H21ClO2Si/c1-21-18(20)13-17(14-9-11-15(19)12-10-14)22(2,3)16-7-5-4-6-8-16/h4-12,17H,13H2,1-3H3/t17-/m0/s1. The molecular formula is C18H21ClO2Si. The smallest absolute Gasteiger partial charge is 0.305 e. The first kappa shape index (κ1) is 16.8. The van der Waals surface area contributed by atoms with E-state index in [0.29, 0.717) is 11.4 Å². The van der Waals surface area contributed by atoms with Crippen LogP contribution in [0.5, 0.6) is 0 Å². The van der Waals surface area contributed by atoms with Gasteiger partial charge in [-0.25, -0.2) is 0 Å². The Labute approximate surface area is 138 Å². The summed E-state index contributed by atoms with van der Waals surface area (Å²) in [7, 11) is -0.447. The van der Waals surface area contributed by atoms with E-state index in [9.17, 15) is 4.79 Å². The lowest BCUT2D eigenvalue weighted by molar-refractivity contribution is -0.140. The van der Waals surface area contributed by atoms with Gasteiger partial charge in [-0.1, -0.05) is 72.3 Å². The molecule has 2 aromatic rings. The summed E-state index contributed by atoms with van der Waals surface area (Å²) >= 11 is 6.00. The number of rotatable bonds is 5. The minimum absolute atomic E-state index is 0.152. The lowest BCUT2D eigenvalue weighted by atomic mass is 10.1. The Kier molecular flexibility index (Phi) is 5.43. The average Bonchev–Trinajstić information content (AvgIpc) is 2.54. The van der Waals surface area contributed by atoms with Crippen LogP contribution in [0.1, 0.15) is 17.5 Å². The molecule has 22 heavy (non-hydrogen) atoms. The number of hydrogen-bond donors (Lipinski definition) is 0. The van der Waals surface area contributed by atoms with Crippen LogP contribution in [0.2, 0.25) is 18.1 Å². The lowest BCUT2D eigenvalue weighted by Crippen LogP contribution is -2.48. The molecule has 2 rings (SSSR count). The van der Waals surface area contributed by atoms with E-state index in [1.54, 1.807) is 0 Å². The van der Waals surface area contributed by atoms with Crippen LogP contribution in [0.25, 0.3) is 0 Å². The quantitative estimate of drug-likeness (QED) is 0.607. The zero-order valence-corrected chi connectivity index (χ0v) is 14.9. The van der Waals surface area contributed by atoms with Crippen molar-refractivity contribution in [1.29, 1.82) is 0 Å². The first-order valence-electron chi connectivity index (χ1n) is 7.33. The lowest BCUT2D eigenvalue weighted by Gasteiger charge is -2.33. The fourth-order valence-electron chi connectivity index (χ4n) is 2.80. The molecule has 0 fully saturated rings. The number of carbonyl (C=O) groups is 1. The fourth-order valence-corrected chi connectivity index (χ4v) is 6.09. The van der Waals surface area contributed by atoms with Crippen LogP contribution in [0, 0.1) is 0 Å². The first-order chi connectivity index (χ1) is 10.4. The van der Waals surface area contributed by atoms with Crippen molar-refractivity contribution in [3.8, 4) is 0 Å². The van der Waals surface area contributed by atoms with Crippen molar-refractivity contribution in [2.75, 3.05) is 7.11 Å². The average molecular weight is 333 g/mol. The molecule has 116 valence electrons. The Morgan fingerprint density at radius 2 is 1.68 bits per heavy atom. The Hall–Kier alpha value is -1.58. The van der Waals surface area contributed by atoms with Crippen molar-refractivity contribution in [3.63, 3.8) is 0 Å². The zero-order chi connectivity index (χ0) is 16.2. The van der Waals surface area contributed by atoms with Crippen molar-refractivity contribution in [1.82, 2.24) is 0 Å². The number of ether oxygens (including phenoxy) is 1. The van der Waals surface area contributed by atoms with E-state index in [0.717, 1.165) is 5.56 Å². The summed E-state index contributed by atoms with van der Waals surface area (Å²) in [6.45, 7) is 4.59. The van der Waals surface area contributed by atoms with E-state index in [-0.39, 0.29) is 11.5 Å². The predicted molar refractivity (Wildman–Crippen MR) is 94.4 cm³/mol. The second kappa shape index (κ2) is 7.12. The van der Waals surface area contributed by atoms with Crippen LogP contribution < -0.4 is 5.19 Å². The predicted octanol–water partition coefficient (Wildman–Crippen LogP) is 4.14. The van der Waals surface area contributed by atoms with E-state index in [1.165, 1.54) is 12.3 Å². The molecule has 0 bridgehead atoms. The third kappa shape index (κ3) is 3.79. The van der Waals surface area contributed by atoms with E-state index in [4.69, 9.17) is 16.3 Å². The number of hydrogen-bond acceptors (Lipinski definition) is 2. The third-order valence-electron chi connectivity index (χ3n) is 4.26. The van der Waals surface area contributed by atoms with Crippen molar-refractivity contribution >= 4 is 30.8 Å². The molecule has 0 aliphatic rings. The van der Waals surface area contributed by atoms with Gasteiger partial charge in [-0.2, -0.15) is 0 Å². The summed E-state index contributed by atoms with van der Waals surface area (Å²) in [6.07, 6.45) is 0.395. The molecular weight excluding hydrogens is 312 g/mol. The van der Waals surface area contributed by atoms with Crippen molar-refractivity contribution < 1.29 is 9.53 Å². The number of halogens is 1. The molecule has 0 radical (unpaired) electrons. The highest BCUT2D eigenvalue weighted by atomic mass is 35.5. The van der Waals surface area contributed by atoms with E-state index >= 15 is 0 Å². The van der Waals surface area contributed by atoms with E-state index in [1.807, 2.05) is 30.3 Å². The van der Waals surface area contributed by atoms with E-state index < -0.39 is 8.07 Å². The summed E-state index contributed by atoms with van der Waals surface area (Å²) in [5, 5.41) is 2.04. The molecule has 0 saturated carbocycles. The fraction of sp³-hybridized carbons (Fsp3) is 0.278. The van der Waals surface area contributed by atoms with Gasteiger partial charge in [-0.3, -0.25) is 4.79 Å². The summed E-state index contributed by atoms with van der Waals surface area (Å²) < 4.78 is 4.91. The largest absolute Gasteiger partial charge is 0.469 e. The van der Waals surface area contributed by atoms with Crippen molar-refractivity contribution in [2.24, 2.45) is 0 Å². The molecule has 0 spiro atoms. The van der Waals surface area contributed by atoms with Crippen LogP contribution in [0.3, 0.4) is 0 Å². The number of methoxy groups -OCH3 is 1. The molecule has 2 aromatic carbocycles. The molecule has 1 atom stereocenters. The maximum atomic E-state index is 11.9. The van der Waals surface area contributed by atoms with Crippen molar-refractivity contribution in [3.05, 3.63) is 65.2 Å². The summed E-state index contributed by atoms with van der Waals surface area (Å²) in [5.41, 5.74) is 1.30.